The molecule has 1 heterocycles. The summed E-state index contributed by atoms with van der Waals surface area (Å²) in [6, 6.07) is 5.01. The monoisotopic (exact) mass is 305 g/mol. The van der Waals surface area contributed by atoms with Crippen molar-refractivity contribution in [2.45, 2.75) is 33.2 Å². The topological polar surface area (TPSA) is 57.6 Å². The quantitative estimate of drug-likeness (QED) is 0.909. The van der Waals surface area contributed by atoms with E-state index < -0.39 is 17.7 Å². The second-order valence-corrected chi connectivity index (χ2v) is 5.73. The molecule has 0 radical (unpaired) electrons. The highest BCUT2D eigenvalue weighted by Gasteiger charge is 2.43. The summed E-state index contributed by atoms with van der Waals surface area (Å²) in [6.07, 6.45) is 0.694. The van der Waals surface area contributed by atoms with E-state index in [-0.39, 0.29) is 23.1 Å². The maximum Gasteiger partial charge on any atom is 0.290 e. The molecule has 1 aromatic rings. The fourth-order valence-corrected chi connectivity index (χ4v) is 2.68. The fourth-order valence-electron chi connectivity index (χ4n) is 2.68. The van der Waals surface area contributed by atoms with Gasteiger partial charge in [0.15, 0.2) is 11.5 Å². The van der Waals surface area contributed by atoms with E-state index in [4.69, 9.17) is 0 Å². The van der Waals surface area contributed by atoms with Crippen molar-refractivity contribution in [1.29, 1.82) is 0 Å². The van der Waals surface area contributed by atoms with Crippen LogP contribution in [0.2, 0.25) is 0 Å². The summed E-state index contributed by atoms with van der Waals surface area (Å²) in [7, 11) is 0. The smallest absolute Gasteiger partial charge is 0.290 e. The summed E-state index contributed by atoms with van der Waals surface area (Å²) in [5.41, 5.74) is 0.733. The molecule has 0 spiro atoms. The van der Waals surface area contributed by atoms with E-state index in [9.17, 15) is 19.1 Å². The van der Waals surface area contributed by atoms with Gasteiger partial charge in [0, 0.05) is 12.5 Å². The molecule has 2 rings (SSSR count). The first-order valence-electron chi connectivity index (χ1n) is 7.42. The Morgan fingerprint density at radius 3 is 2.41 bits per heavy atom. The molecule has 0 saturated heterocycles. The van der Waals surface area contributed by atoms with Gasteiger partial charge in [-0.25, -0.2) is 4.39 Å². The predicted octanol–water partition coefficient (Wildman–Crippen LogP) is 3.16. The third-order valence-electron chi connectivity index (χ3n) is 3.74. The zero-order valence-corrected chi connectivity index (χ0v) is 13.0. The van der Waals surface area contributed by atoms with Gasteiger partial charge in [-0.05, 0) is 24.1 Å². The maximum absolute atomic E-state index is 13.1. The van der Waals surface area contributed by atoms with E-state index in [1.54, 1.807) is 26.0 Å². The molecule has 1 aliphatic rings. The van der Waals surface area contributed by atoms with Gasteiger partial charge < -0.3 is 10.0 Å². The van der Waals surface area contributed by atoms with E-state index in [1.807, 2.05) is 6.92 Å². The summed E-state index contributed by atoms with van der Waals surface area (Å²) in [4.78, 5) is 26.2. The van der Waals surface area contributed by atoms with Crippen molar-refractivity contribution in [3.05, 3.63) is 47.0 Å². The molecular formula is C17H20FNO3. The lowest BCUT2D eigenvalue weighted by Crippen LogP contribution is -2.32. The van der Waals surface area contributed by atoms with Crippen molar-refractivity contribution in [1.82, 2.24) is 4.90 Å². The molecule has 5 heteroatoms. The van der Waals surface area contributed by atoms with Crippen LogP contribution < -0.4 is 0 Å². The number of Topliss-reactive ketones (excluding diaryl/α,β-unsaturated/α-hetero) is 1. The first-order valence-corrected chi connectivity index (χ1v) is 7.42. The first-order chi connectivity index (χ1) is 10.4. The Morgan fingerprint density at radius 2 is 1.91 bits per heavy atom. The van der Waals surface area contributed by atoms with E-state index in [0.717, 1.165) is 0 Å². The standard InChI is InChI=1S/C17H20FNO3/c1-4-9-19-14(11-5-7-12(18)8-6-11)13(15(20)10(2)3)16(21)17(19)22/h5-8,10,14,21H,4,9H2,1-3H3. The zero-order chi connectivity index (χ0) is 16.4. The highest BCUT2D eigenvalue weighted by molar-refractivity contribution is 6.09. The average Bonchev–Trinajstić information content (AvgIpc) is 2.72. The number of hydrogen-bond acceptors (Lipinski definition) is 3. The number of benzene rings is 1. The van der Waals surface area contributed by atoms with Gasteiger partial charge in [-0.15, -0.1) is 0 Å². The number of aliphatic hydroxyl groups excluding tert-OH is 1. The van der Waals surface area contributed by atoms with Crippen molar-refractivity contribution < 1.29 is 19.1 Å². The fraction of sp³-hybridized carbons (Fsp3) is 0.412. The van der Waals surface area contributed by atoms with Gasteiger partial charge in [-0.3, -0.25) is 9.59 Å². The largest absolute Gasteiger partial charge is 0.503 e. The third kappa shape index (κ3) is 2.75. The highest BCUT2D eigenvalue weighted by Crippen LogP contribution is 2.38. The molecule has 0 bridgehead atoms. The van der Waals surface area contributed by atoms with E-state index in [0.29, 0.717) is 18.5 Å². The molecular weight excluding hydrogens is 285 g/mol. The number of carbonyl (C=O) groups is 2. The van der Waals surface area contributed by atoms with Crippen LogP contribution in [0.5, 0.6) is 0 Å². The Kier molecular flexibility index (Phi) is 4.64. The summed E-state index contributed by atoms with van der Waals surface area (Å²) in [5, 5.41) is 10.2. The zero-order valence-electron chi connectivity index (χ0n) is 13.0. The second-order valence-electron chi connectivity index (χ2n) is 5.73. The van der Waals surface area contributed by atoms with Crippen molar-refractivity contribution in [2.75, 3.05) is 6.54 Å². The van der Waals surface area contributed by atoms with Gasteiger partial charge in [0.05, 0.1) is 11.6 Å². The van der Waals surface area contributed by atoms with E-state index in [1.165, 1.54) is 17.0 Å². The molecule has 22 heavy (non-hydrogen) atoms. The minimum absolute atomic E-state index is 0.111. The van der Waals surface area contributed by atoms with Gasteiger partial charge in [0.1, 0.15) is 5.82 Å². The summed E-state index contributed by atoms with van der Waals surface area (Å²) in [6.45, 7) is 5.77. The maximum atomic E-state index is 13.1. The van der Waals surface area contributed by atoms with E-state index >= 15 is 0 Å². The van der Waals surface area contributed by atoms with Crippen LogP contribution in [0.25, 0.3) is 0 Å². The van der Waals surface area contributed by atoms with Crippen LogP contribution in [-0.2, 0) is 9.59 Å². The number of halogens is 1. The molecule has 1 amide bonds. The Labute approximate surface area is 129 Å². The number of ketones is 1. The number of carbonyl (C=O) groups excluding carboxylic acids is 2. The van der Waals surface area contributed by atoms with Crippen molar-refractivity contribution >= 4 is 11.7 Å². The van der Waals surface area contributed by atoms with Crippen LogP contribution in [0.15, 0.2) is 35.6 Å². The van der Waals surface area contributed by atoms with Crippen LogP contribution >= 0.6 is 0 Å². The Bertz CT molecular complexity index is 619. The van der Waals surface area contributed by atoms with Crippen LogP contribution in [-0.4, -0.2) is 28.2 Å². The lowest BCUT2D eigenvalue weighted by molar-refractivity contribution is -0.129. The minimum Gasteiger partial charge on any atom is -0.503 e. The van der Waals surface area contributed by atoms with Crippen LogP contribution in [0.3, 0.4) is 0 Å². The third-order valence-corrected chi connectivity index (χ3v) is 3.74. The summed E-state index contributed by atoms with van der Waals surface area (Å²) in [5.74, 6) is -2.02. The predicted molar refractivity (Wildman–Crippen MR) is 80.6 cm³/mol. The molecule has 0 fully saturated rings. The average molecular weight is 305 g/mol. The van der Waals surface area contributed by atoms with Crippen molar-refractivity contribution in [2.24, 2.45) is 5.92 Å². The number of amides is 1. The van der Waals surface area contributed by atoms with E-state index in [2.05, 4.69) is 0 Å². The second kappa shape index (κ2) is 6.30. The van der Waals surface area contributed by atoms with Crippen molar-refractivity contribution in [3.63, 3.8) is 0 Å². The molecule has 0 aromatic heterocycles. The SMILES string of the molecule is CCCN1C(=O)C(O)=C(C(=O)C(C)C)C1c1ccc(F)cc1. The van der Waals surface area contributed by atoms with Gasteiger partial charge >= 0.3 is 0 Å². The number of nitrogens with zero attached hydrogens (tertiary/aromatic N) is 1. The molecule has 4 nitrogen and oxygen atoms in total. The van der Waals surface area contributed by atoms with Crippen LogP contribution in [0.4, 0.5) is 4.39 Å². The normalized spacial score (nSPS) is 18.5. The lowest BCUT2D eigenvalue weighted by atomic mass is 9.91. The summed E-state index contributed by atoms with van der Waals surface area (Å²) < 4.78 is 13.1. The Hall–Kier alpha value is -2.17. The Balaban J connectivity index is 2.53. The molecule has 0 saturated carbocycles. The van der Waals surface area contributed by atoms with Gasteiger partial charge in [0.2, 0.25) is 0 Å². The molecule has 1 unspecified atom stereocenters. The number of aliphatic hydroxyl groups is 1. The molecule has 1 aliphatic heterocycles. The highest BCUT2D eigenvalue weighted by atomic mass is 19.1. The Morgan fingerprint density at radius 1 is 1.32 bits per heavy atom. The van der Waals surface area contributed by atoms with Gasteiger partial charge in [0.25, 0.3) is 5.91 Å². The first kappa shape index (κ1) is 16.2. The van der Waals surface area contributed by atoms with Gasteiger partial charge in [-0.2, -0.15) is 0 Å². The summed E-state index contributed by atoms with van der Waals surface area (Å²) >= 11 is 0. The molecule has 118 valence electrons. The lowest BCUT2D eigenvalue weighted by Gasteiger charge is -2.26. The van der Waals surface area contributed by atoms with Gasteiger partial charge in [-0.1, -0.05) is 32.9 Å². The minimum atomic E-state index is -0.650. The molecule has 1 aromatic carbocycles. The van der Waals surface area contributed by atoms with Crippen molar-refractivity contribution in [3.8, 4) is 0 Å². The molecule has 1 atom stereocenters. The van der Waals surface area contributed by atoms with Crippen LogP contribution in [0.1, 0.15) is 38.8 Å². The molecule has 1 N–H and O–H groups in total. The number of hydrogen-bond donors (Lipinski definition) is 1. The molecule has 0 aliphatic carbocycles. The number of rotatable bonds is 5. The van der Waals surface area contributed by atoms with Crippen LogP contribution in [0, 0.1) is 11.7 Å².